The van der Waals surface area contributed by atoms with Gasteiger partial charge in [-0.25, -0.2) is 4.68 Å². The molecular formula is C7H10N2OS. The van der Waals surface area contributed by atoms with Gasteiger partial charge in [0.05, 0.1) is 6.20 Å². The molecule has 0 saturated heterocycles. The minimum absolute atomic E-state index is 0.0661. The summed E-state index contributed by atoms with van der Waals surface area (Å²) in [6.07, 6.45) is 1.65. The molecule has 1 heterocycles. The maximum atomic E-state index is 11.0. The largest absolute Gasteiger partial charge is 0.268 e. The maximum Gasteiger partial charge on any atom is 0.266 e. The maximum absolute atomic E-state index is 11.0. The minimum atomic E-state index is -0.0941. The molecule has 1 aromatic rings. The van der Waals surface area contributed by atoms with Gasteiger partial charge in [0.1, 0.15) is 0 Å². The van der Waals surface area contributed by atoms with Crippen molar-refractivity contribution in [2.75, 3.05) is 0 Å². The van der Waals surface area contributed by atoms with E-state index in [1.54, 1.807) is 19.3 Å². The molecule has 0 aliphatic carbocycles. The lowest BCUT2D eigenvalue weighted by Gasteiger charge is -2.02. The summed E-state index contributed by atoms with van der Waals surface area (Å²) in [5.41, 5.74) is 0.764. The van der Waals surface area contributed by atoms with Crippen molar-refractivity contribution in [1.29, 1.82) is 0 Å². The van der Waals surface area contributed by atoms with Crippen molar-refractivity contribution in [1.82, 2.24) is 9.78 Å². The smallest absolute Gasteiger partial charge is 0.266 e. The summed E-state index contributed by atoms with van der Waals surface area (Å²) in [6, 6.07) is 1.55. The van der Waals surface area contributed by atoms with Gasteiger partial charge in [-0.2, -0.15) is 17.7 Å². The van der Waals surface area contributed by atoms with Crippen LogP contribution in [-0.4, -0.2) is 9.78 Å². The highest BCUT2D eigenvalue weighted by Gasteiger charge is 2.00. The van der Waals surface area contributed by atoms with Crippen LogP contribution in [0.1, 0.15) is 17.7 Å². The van der Waals surface area contributed by atoms with Crippen molar-refractivity contribution in [3.63, 3.8) is 0 Å². The number of nitrogens with zero attached hydrogens (tertiary/aromatic N) is 2. The minimum Gasteiger partial charge on any atom is -0.268 e. The predicted molar refractivity (Wildman–Crippen MR) is 46.9 cm³/mol. The first kappa shape index (κ1) is 8.33. The summed E-state index contributed by atoms with van der Waals surface area (Å²) in [6.45, 7) is 1.90. The summed E-state index contributed by atoms with van der Waals surface area (Å²) in [7, 11) is 1.62. The standard InChI is InChI=1S/C7H10N2OS/c1-5(11)6-3-7(10)9(2)8-4-6/h3-5,11H,1-2H3. The molecule has 3 nitrogen and oxygen atoms in total. The van der Waals surface area contributed by atoms with E-state index < -0.39 is 0 Å². The van der Waals surface area contributed by atoms with Crippen LogP contribution < -0.4 is 5.56 Å². The number of rotatable bonds is 1. The first-order valence-electron chi connectivity index (χ1n) is 3.32. The van der Waals surface area contributed by atoms with Gasteiger partial charge in [-0.3, -0.25) is 4.79 Å². The Bertz CT molecular complexity index is 306. The van der Waals surface area contributed by atoms with E-state index in [-0.39, 0.29) is 10.8 Å². The van der Waals surface area contributed by atoms with Crippen molar-refractivity contribution < 1.29 is 0 Å². The van der Waals surface area contributed by atoms with E-state index in [4.69, 9.17) is 0 Å². The predicted octanol–water partition coefficient (Wildman–Crippen LogP) is 0.771. The van der Waals surface area contributed by atoms with Crippen LogP contribution in [0.3, 0.4) is 0 Å². The van der Waals surface area contributed by atoms with E-state index in [9.17, 15) is 4.79 Å². The van der Waals surface area contributed by atoms with E-state index in [2.05, 4.69) is 17.7 Å². The summed E-state index contributed by atoms with van der Waals surface area (Å²) >= 11 is 4.18. The molecule has 0 saturated carbocycles. The topological polar surface area (TPSA) is 34.9 Å². The fourth-order valence-electron chi connectivity index (χ4n) is 0.712. The monoisotopic (exact) mass is 170 g/mol. The highest BCUT2D eigenvalue weighted by Crippen LogP contribution is 2.14. The number of hydrogen-bond donors (Lipinski definition) is 1. The second-order valence-corrected chi connectivity index (χ2v) is 3.20. The van der Waals surface area contributed by atoms with Gasteiger partial charge >= 0.3 is 0 Å². The molecule has 0 aliphatic heterocycles. The zero-order chi connectivity index (χ0) is 8.43. The number of thiol groups is 1. The molecule has 0 bridgehead atoms. The SMILES string of the molecule is CC(S)c1cnn(C)c(=O)c1. The van der Waals surface area contributed by atoms with Crippen LogP contribution in [0, 0.1) is 0 Å². The van der Waals surface area contributed by atoms with Crippen molar-refractivity contribution in [2.45, 2.75) is 12.2 Å². The normalized spacial score (nSPS) is 13.0. The van der Waals surface area contributed by atoms with Crippen LogP contribution in [0.4, 0.5) is 0 Å². The Morgan fingerprint density at radius 1 is 1.73 bits per heavy atom. The molecule has 0 aliphatic rings. The molecule has 0 aromatic carbocycles. The van der Waals surface area contributed by atoms with Crippen LogP contribution in [-0.2, 0) is 7.05 Å². The molecule has 11 heavy (non-hydrogen) atoms. The molecule has 0 fully saturated rings. The lowest BCUT2D eigenvalue weighted by molar-refractivity contribution is 0.699. The molecule has 0 amide bonds. The van der Waals surface area contributed by atoms with Gasteiger partial charge in [-0.1, -0.05) is 0 Å². The Morgan fingerprint density at radius 3 is 2.82 bits per heavy atom. The van der Waals surface area contributed by atoms with Crippen LogP contribution in [0.5, 0.6) is 0 Å². The number of aromatic nitrogens is 2. The van der Waals surface area contributed by atoms with Crippen molar-refractivity contribution in [2.24, 2.45) is 7.05 Å². The first-order valence-corrected chi connectivity index (χ1v) is 3.84. The van der Waals surface area contributed by atoms with Crippen LogP contribution in [0.15, 0.2) is 17.1 Å². The van der Waals surface area contributed by atoms with E-state index in [0.29, 0.717) is 0 Å². The highest BCUT2D eigenvalue weighted by molar-refractivity contribution is 7.80. The van der Waals surface area contributed by atoms with Gasteiger partial charge < -0.3 is 0 Å². The molecular weight excluding hydrogens is 160 g/mol. The Morgan fingerprint density at radius 2 is 2.36 bits per heavy atom. The Labute approximate surface area is 70.5 Å². The molecule has 1 atom stereocenters. The number of aryl methyl sites for hydroxylation is 1. The van der Waals surface area contributed by atoms with Crippen molar-refractivity contribution >= 4 is 12.6 Å². The Balaban J connectivity index is 3.16. The third kappa shape index (κ3) is 1.83. The van der Waals surface area contributed by atoms with Gasteiger partial charge in [0.15, 0.2) is 0 Å². The molecule has 60 valence electrons. The van der Waals surface area contributed by atoms with Gasteiger partial charge in [0, 0.05) is 18.4 Å². The quantitative estimate of drug-likeness (QED) is 0.632. The fraction of sp³-hybridized carbons (Fsp3) is 0.429. The van der Waals surface area contributed by atoms with E-state index in [0.717, 1.165) is 5.56 Å². The average Bonchev–Trinajstić information content (AvgIpc) is 1.94. The summed E-state index contributed by atoms with van der Waals surface area (Å²) < 4.78 is 1.29. The molecule has 1 rings (SSSR count). The fourth-order valence-corrected chi connectivity index (χ4v) is 0.853. The van der Waals surface area contributed by atoms with Gasteiger partial charge in [-0.05, 0) is 12.5 Å². The average molecular weight is 170 g/mol. The van der Waals surface area contributed by atoms with Gasteiger partial charge in [0.25, 0.3) is 5.56 Å². The molecule has 0 spiro atoms. The van der Waals surface area contributed by atoms with E-state index >= 15 is 0 Å². The number of hydrogen-bond acceptors (Lipinski definition) is 3. The van der Waals surface area contributed by atoms with E-state index in [1.807, 2.05) is 6.92 Å². The Kier molecular flexibility index (Phi) is 2.34. The molecule has 1 aromatic heterocycles. The zero-order valence-corrected chi connectivity index (χ0v) is 7.38. The summed E-state index contributed by atoms with van der Waals surface area (Å²) in [4.78, 5) is 11.0. The van der Waals surface area contributed by atoms with Crippen molar-refractivity contribution in [3.05, 3.63) is 28.2 Å². The van der Waals surface area contributed by atoms with Crippen LogP contribution in [0.2, 0.25) is 0 Å². The molecule has 4 heteroatoms. The molecule has 0 radical (unpaired) electrons. The summed E-state index contributed by atoms with van der Waals surface area (Å²) in [5, 5.41) is 3.92. The first-order chi connectivity index (χ1) is 5.11. The van der Waals surface area contributed by atoms with Crippen LogP contribution in [0.25, 0.3) is 0 Å². The molecule has 0 N–H and O–H groups in total. The molecule has 1 unspecified atom stereocenters. The second-order valence-electron chi connectivity index (χ2n) is 2.43. The third-order valence-electron chi connectivity index (χ3n) is 1.47. The zero-order valence-electron chi connectivity index (χ0n) is 6.48. The third-order valence-corrected chi connectivity index (χ3v) is 1.77. The Hall–Kier alpha value is -0.770. The lowest BCUT2D eigenvalue weighted by Crippen LogP contribution is -2.18. The van der Waals surface area contributed by atoms with Gasteiger partial charge in [0.2, 0.25) is 0 Å². The van der Waals surface area contributed by atoms with E-state index in [1.165, 1.54) is 4.68 Å². The summed E-state index contributed by atoms with van der Waals surface area (Å²) in [5.74, 6) is 0. The highest BCUT2D eigenvalue weighted by atomic mass is 32.1. The van der Waals surface area contributed by atoms with Crippen LogP contribution >= 0.6 is 12.6 Å². The second kappa shape index (κ2) is 3.09. The van der Waals surface area contributed by atoms with Gasteiger partial charge in [-0.15, -0.1) is 0 Å². The van der Waals surface area contributed by atoms with Crippen molar-refractivity contribution in [3.8, 4) is 0 Å². The lowest BCUT2D eigenvalue weighted by atomic mass is 10.2.